The van der Waals surface area contributed by atoms with E-state index in [0.29, 0.717) is 29.5 Å². The van der Waals surface area contributed by atoms with Gasteiger partial charge in [0, 0.05) is 17.1 Å². The van der Waals surface area contributed by atoms with Crippen LogP contribution in [0.3, 0.4) is 0 Å². The number of hydrogen-bond acceptors (Lipinski definition) is 4. The van der Waals surface area contributed by atoms with Crippen molar-refractivity contribution < 1.29 is 4.39 Å². The molecule has 0 fully saturated rings. The zero-order chi connectivity index (χ0) is 16.2. The van der Waals surface area contributed by atoms with E-state index in [1.807, 2.05) is 42.3 Å². The van der Waals surface area contributed by atoms with Crippen molar-refractivity contribution in [3.8, 4) is 5.69 Å². The first-order valence-electron chi connectivity index (χ1n) is 7.09. The van der Waals surface area contributed by atoms with Crippen LogP contribution in [0.2, 0.25) is 5.02 Å². The Labute approximate surface area is 138 Å². The van der Waals surface area contributed by atoms with Gasteiger partial charge in [-0.05, 0) is 41.7 Å². The Morgan fingerprint density at radius 3 is 2.61 bits per heavy atom. The van der Waals surface area contributed by atoms with E-state index in [1.54, 1.807) is 16.8 Å². The van der Waals surface area contributed by atoms with Gasteiger partial charge in [0.15, 0.2) is 5.82 Å². The Balaban J connectivity index is 1.77. The molecule has 1 aromatic heterocycles. The van der Waals surface area contributed by atoms with Gasteiger partial charge in [-0.3, -0.25) is 4.90 Å². The van der Waals surface area contributed by atoms with Crippen LogP contribution in [0.5, 0.6) is 0 Å². The van der Waals surface area contributed by atoms with Gasteiger partial charge in [-0.25, -0.2) is 4.39 Å². The number of halogens is 2. The third kappa shape index (κ3) is 3.55. The summed E-state index contributed by atoms with van der Waals surface area (Å²) in [6.45, 7) is 0.833. The number of rotatable bonds is 5. The summed E-state index contributed by atoms with van der Waals surface area (Å²) in [7, 11) is 1.87. The second-order valence-corrected chi connectivity index (χ2v) is 5.62. The van der Waals surface area contributed by atoms with Crippen LogP contribution in [0.4, 0.5) is 4.39 Å². The molecule has 0 radical (unpaired) electrons. The van der Waals surface area contributed by atoms with Crippen LogP contribution in [0.25, 0.3) is 5.69 Å². The van der Waals surface area contributed by atoms with Gasteiger partial charge in [-0.2, -0.15) is 4.68 Å². The highest BCUT2D eigenvalue weighted by molar-refractivity contribution is 6.31. The molecule has 0 bridgehead atoms. The van der Waals surface area contributed by atoms with E-state index in [0.717, 1.165) is 5.69 Å². The van der Waals surface area contributed by atoms with Gasteiger partial charge in [0.05, 0.1) is 12.2 Å². The summed E-state index contributed by atoms with van der Waals surface area (Å²) in [5.41, 5.74) is 1.35. The molecule has 0 aliphatic rings. The van der Waals surface area contributed by atoms with Crippen molar-refractivity contribution in [3.05, 3.63) is 70.8 Å². The minimum atomic E-state index is -0.313. The smallest absolute Gasteiger partial charge is 0.170 e. The number of hydrogen-bond donors (Lipinski definition) is 0. The van der Waals surface area contributed by atoms with Crippen molar-refractivity contribution in [2.24, 2.45) is 0 Å². The maximum Gasteiger partial charge on any atom is 0.170 e. The molecule has 23 heavy (non-hydrogen) atoms. The average Bonchev–Trinajstić information content (AvgIpc) is 3.00. The van der Waals surface area contributed by atoms with Crippen LogP contribution in [-0.4, -0.2) is 32.2 Å². The van der Waals surface area contributed by atoms with Crippen molar-refractivity contribution in [1.29, 1.82) is 0 Å². The fourth-order valence-electron chi connectivity index (χ4n) is 2.32. The lowest BCUT2D eigenvalue weighted by Gasteiger charge is -2.17. The largest absolute Gasteiger partial charge is 0.294 e. The van der Waals surface area contributed by atoms with Gasteiger partial charge < -0.3 is 0 Å². The number of tetrazole rings is 1. The van der Waals surface area contributed by atoms with E-state index in [1.165, 1.54) is 6.07 Å². The molecule has 0 aliphatic heterocycles. The van der Waals surface area contributed by atoms with Gasteiger partial charge in [0.1, 0.15) is 5.82 Å². The minimum Gasteiger partial charge on any atom is -0.294 e. The maximum atomic E-state index is 13.9. The molecular formula is C16H15ClFN5. The first-order chi connectivity index (χ1) is 11.1. The Bertz CT molecular complexity index is 770. The lowest BCUT2D eigenvalue weighted by molar-refractivity contribution is 0.302. The molecule has 0 saturated carbocycles. The van der Waals surface area contributed by atoms with E-state index in [4.69, 9.17) is 11.6 Å². The zero-order valence-corrected chi connectivity index (χ0v) is 13.3. The molecule has 118 valence electrons. The van der Waals surface area contributed by atoms with Gasteiger partial charge in [0.25, 0.3) is 0 Å². The normalized spacial score (nSPS) is 11.1. The fourth-order valence-corrected chi connectivity index (χ4v) is 2.55. The van der Waals surface area contributed by atoms with E-state index in [9.17, 15) is 4.39 Å². The van der Waals surface area contributed by atoms with Crippen LogP contribution in [0.15, 0.2) is 48.5 Å². The molecule has 0 atom stereocenters. The topological polar surface area (TPSA) is 46.8 Å². The summed E-state index contributed by atoms with van der Waals surface area (Å²) in [6.07, 6.45) is 0. The standard InChI is InChI=1S/C16H15ClFN5/c1-22(10-13-14(17)8-5-9-15(13)18)11-16-19-20-21-23(16)12-6-3-2-4-7-12/h2-9H,10-11H2,1H3. The highest BCUT2D eigenvalue weighted by Gasteiger charge is 2.14. The molecule has 0 saturated heterocycles. The molecule has 0 aliphatic carbocycles. The molecule has 0 amide bonds. The van der Waals surface area contributed by atoms with Gasteiger partial charge in [-0.15, -0.1) is 5.10 Å². The number of para-hydroxylation sites is 1. The number of benzene rings is 2. The average molecular weight is 332 g/mol. The fraction of sp³-hybridized carbons (Fsp3) is 0.188. The van der Waals surface area contributed by atoms with Crippen molar-refractivity contribution in [3.63, 3.8) is 0 Å². The van der Waals surface area contributed by atoms with E-state index in [-0.39, 0.29) is 5.82 Å². The molecule has 5 nitrogen and oxygen atoms in total. The van der Waals surface area contributed by atoms with E-state index >= 15 is 0 Å². The third-order valence-corrected chi connectivity index (χ3v) is 3.79. The number of nitrogens with zero attached hydrogens (tertiary/aromatic N) is 5. The minimum absolute atomic E-state index is 0.313. The summed E-state index contributed by atoms with van der Waals surface area (Å²) in [5, 5.41) is 12.2. The summed E-state index contributed by atoms with van der Waals surface area (Å²) in [4.78, 5) is 1.91. The highest BCUT2D eigenvalue weighted by atomic mass is 35.5. The van der Waals surface area contributed by atoms with Gasteiger partial charge in [0.2, 0.25) is 0 Å². The van der Waals surface area contributed by atoms with Crippen LogP contribution < -0.4 is 0 Å². The first-order valence-corrected chi connectivity index (χ1v) is 7.47. The molecule has 2 aromatic carbocycles. The maximum absolute atomic E-state index is 13.9. The quantitative estimate of drug-likeness (QED) is 0.721. The highest BCUT2D eigenvalue weighted by Crippen LogP contribution is 2.21. The van der Waals surface area contributed by atoms with Crippen molar-refractivity contribution in [1.82, 2.24) is 25.1 Å². The summed E-state index contributed by atoms with van der Waals surface area (Å²) in [5.74, 6) is 0.359. The monoisotopic (exact) mass is 331 g/mol. The van der Waals surface area contributed by atoms with Crippen LogP contribution in [0, 0.1) is 5.82 Å². The molecule has 0 N–H and O–H groups in total. The van der Waals surface area contributed by atoms with Gasteiger partial charge >= 0.3 is 0 Å². The van der Waals surface area contributed by atoms with Crippen LogP contribution >= 0.6 is 11.6 Å². The van der Waals surface area contributed by atoms with E-state index in [2.05, 4.69) is 15.5 Å². The summed E-state index contributed by atoms with van der Waals surface area (Å²) < 4.78 is 15.5. The van der Waals surface area contributed by atoms with Crippen molar-refractivity contribution in [2.45, 2.75) is 13.1 Å². The Morgan fingerprint density at radius 2 is 1.87 bits per heavy atom. The van der Waals surface area contributed by atoms with Crippen molar-refractivity contribution in [2.75, 3.05) is 7.05 Å². The molecule has 3 rings (SSSR count). The molecule has 0 unspecified atom stereocenters. The SMILES string of the molecule is CN(Cc1c(F)cccc1Cl)Cc1nnnn1-c1ccccc1. The lowest BCUT2D eigenvalue weighted by Crippen LogP contribution is -2.21. The second kappa shape index (κ2) is 6.85. The van der Waals surface area contributed by atoms with Gasteiger partial charge in [-0.1, -0.05) is 35.9 Å². The Hall–Kier alpha value is -2.31. The molecule has 7 heteroatoms. The Morgan fingerprint density at radius 1 is 1.09 bits per heavy atom. The second-order valence-electron chi connectivity index (χ2n) is 5.21. The predicted molar refractivity (Wildman–Crippen MR) is 85.7 cm³/mol. The summed E-state index contributed by atoms with van der Waals surface area (Å²) in [6, 6.07) is 14.3. The number of aromatic nitrogens is 4. The predicted octanol–water partition coefficient (Wildman–Crippen LogP) is 3.09. The first kappa shape index (κ1) is 15.6. The molecule has 0 spiro atoms. The third-order valence-electron chi connectivity index (χ3n) is 3.44. The van der Waals surface area contributed by atoms with Crippen LogP contribution in [0.1, 0.15) is 11.4 Å². The van der Waals surface area contributed by atoms with Crippen molar-refractivity contribution >= 4 is 11.6 Å². The Kier molecular flexibility index (Phi) is 4.64. The molecular weight excluding hydrogens is 317 g/mol. The lowest BCUT2D eigenvalue weighted by atomic mass is 10.2. The zero-order valence-electron chi connectivity index (χ0n) is 12.5. The molecule has 1 heterocycles. The molecule has 3 aromatic rings. The van der Waals surface area contributed by atoms with E-state index < -0.39 is 0 Å². The summed E-state index contributed by atoms with van der Waals surface area (Å²) >= 11 is 6.07. The van der Waals surface area contributed by atoms with Crippen LogP contribution in [-0.2, 0) is 13.1 Å².